The first-order chi connectivity index (χ1) is 5.95. The van der Waals surface area contributed by atoms with Crippen molar-refractivity contribution in [1.29, 1.82) is 0 Å². The molecule has 0 aliphatic carbocycles. The second-order valence-corrected chi connectivity index (χ2v) is 4.49. The van der Waals surface area contributed by atoms with Crippen LogP contribution >= 0.6 is 0 Å². The maximum atomic E-state index is 11.0. The first-order valence-electron chi connectivity index (χ1n) is 3.53. The highest BCUT2D eigenvalue weighted by Crippen LogP contribution is 2.14. The molecular formula is C7H10N2O3S. The largest absolute Gasteiger partial charge is 0.493 e. The molecule has 0 spiro atoms. The van der Waals surface area contributed by atoms with Crippen molar-refractivity contribution in [2.24, 2.45) is 0 Å². The summed E-state index contributed by atoms with van der Waals surface area (Å²) in [6.07, 6.45) is 2.41. The molecule has 0 aliphatic rings. The predicted molar refractivity (Wildman–Crippen MR) is 46.4 cm³/mol. The summed E-state index contributed by atoms with van der Waals surface area (Å²) in [6, 6.07) is 0. The van der Waals surface area contributed by atoms with Crippen molar-refractivity contribution in [1.82, 2.24) is 9.97 Å². The summed E-state index contributed by atoms with van der Waals surface area (Å²) in [7, 11) is -1.85. The molecule has 0 saturated heterocycles. The Morgan fingerprint density at radius 3 is 2.46 bits per heavy atom. The van der Waals surface area contributed by atoms with Crippen LogP contribution in [-0.2, 0) is 9.84 Å². The molecule has 0 bridgehead atoms. The SMILES string of the molecule is COc1cnc(S(C)(=O)=O)nc1C. The Bertz CT molecular complexity index is 414. The van der Waals surface area contributed by atoms with Crippen LogP contribution in [0.5, 0.6) is 5.75 Å². The highest BCUT2D eigenvalue weighted by atomic mass is 32.2. The minimum absolute atomic E-state index is 0.175. The molecule has 0 saturated carbocycles. The van der Waals surface area contributed by atoms with Gasteiger partial charge in [0.05, 0.1) is 19.0 Å². The van der Waals surface area contributed by atoms with Gasteiger partial charge in [-0.25, -0.2) is 18.4 Å². The predicted octanol–water partition coefficient (Wildman–Crippen LogP) is 0.197. The summed E-state index contributed by atoms with van der Waals surface area (Å²) in [4.78, 5) is 7.45. The van der Waals surface area contributed by atoms with Gasteiger partial charge in [0.15, 0.2) is 5.75 Å². The molecule has 0 radical (unpaired) electrons. The molecule has 72 valence electrons. The van der Waals surface area contributed by atoms with Gasteiger partial charge in [0, 0.05) is 6.26 Å². The maximum Gasteiger partial charge on any atom is 0.247 e. The van der Waals surface area contributed by atoms with E-state index in [4.69, 9.17) is 4.74 Å². The summed E-state index contributed by atoms with van der Waals surface area (Å²) in [5, 5.41) is -0.175. The first-order valence-corrected chi connectivity index (χ1v) is 5.42. The van der Waals surface area contributed by atoms with Gasteiger partial charge >= 0.3 is 0 Å². The van der Waals surface area contributed by atoms with Crippen molar-refractivity contribution in [3.8, 4) is 5.75 Å². The van der Waals surface area contributed by atoms with E-state index in [0.29, 0.717) is 11.4 Å². The Morgan fingerprint density at radius 2 is 2.08 bits per heavy atom. The number of methoxy groups -OCH3 is 1. The Labute approximate surface area is 76.7 Å². The van der Waals surface area contributed by atoms with Gasteiger partial charge in [-0.05, 0) is 6.92 Å². The summed E-state index contributed by atoms with van der Waals surface area (Å²) in [5.41, 5.74) is 0.512. The van der Waals surface area contributed by atoms with Gasteiger partial charge in [-0.3, -0.25) is 0 Å². The van der Waals surface area contributed by atoms with Crippen molar-refractivity contribution in [2.45, 2.75) is 12.1 Å². The molecule has 0 aliphatic heterocycles. The van der Waals surface area contributed by atoms with Crippen molar-refractivity contribution >= 4 is 9.84 Å². The third-order valence-electron chi connectivity index (χ3n) is 1.46. The number of rotatable bonds is 2. The second kappa shape index (κ2) is 3.29. The molecule has 0 N–H and O–H groups in total. The summed E-state index contributed by atoms with van der Waals surface area (Å²) in [6.45, 7) is 1.66. The lowest BCUT2D eigenvalue weighted by Crippen LogP contribution is -2.05. The Morgan fingerprint density at radius 1 is 1.46 bits per heavy atom. The van der Waals surface area contributed by atoms with E-state index in [0.717, 1.165) is 6.26 Å². The van der Waals surface area contributed by atoms with E-state index in [-0.39, 0.29) is 5.16 Å². The summed E-state index contributed by atoms with van der Waals surface area (Å²) in [5.74, 6) is 0.479. The van der Waals surface area contributed by atoms with Crippen LogP contribution in [0.2, 0.25) is 0 Å². The standard InChI is InChI=1S/C7H10N2O3S/c1-5-6(12-2)4-8-7(9-5)13(3,10)11/h4H,1-3H3. The fourth-order valence-corrected chi connectivity index (χ4v) is 1.36. The first kappa shape index (κ1) is 9.91. The van der Waals surface area contributed by atoms with E-state index >= 15 is 0 Å². The minimum Gasteiger partial charge on any atom is -0.493 e. The Kier molecular flexibility index (Phi) is 2.51. The second-order valence-electron chi connectivity index (χ2n) is 2.58. The fourth-order valence-electron chi connectivity index (χ4n) is 0.814. The van der Waals surface area contributed by atoms with E-state index in [2.05, 4.69) is 9.97 Å². The van der Waals surface area contributed by atoms with Crippen molar-refractivity contribution in [2.75, 3.05) is 13.4 Å². The molecule has 0 aromatic carbocycles. The van der Waals surface area contributed by atoms with Crippen LogP contribution < -0.4 is 4.74 Å². The average molecular weight is 202 g/mol. The molecule has 1 aromatic heterocycles. The number of ether oxygens (including phenoxy) is 1. The lowest BCUT2D eigenvalue weighted by Gasteiger charge is -2.03. The maximum absolute atomic E-state index is 11.0. The molecule has 5 nitrogen and oxygen atoms in total. The molecule has 0 amide bonds. The molecule has 6 heteroatoms. The van der Waals surface area contributed by atoms with Gasteiger partial charge in [-0.1, -0.05) is 0 Å². The monoisotopic (exact) mass is 202 g/mol. The average Bonchev–Trinajstić information content (AvgIpc) is 2.02. The van der Waals surface area contributed by atoms with Gasteiger partial charge in [-0.2, -0.15) is 0 Å². The van der Waals surface area contributed by atoms with E-state index in [1.54, 1.807) is 6.92 Å². The molecule has 0 atom stereocenters. The zero-order valence-electron chi connectivity index (χ0n) is 7.60. The van der Waals surface area contributed by atoms with E-state index in [1.807, 2.05) is 0 Å². The number of aromatic nitrogens is 2. The molecule has 0 unspecified atom stereocenters. The van der Waals surface area contributed by atoms with Gasteiger partial charge in [0.25, 0.3) is 0 Å². The molecule has 1 aromatic rings. The van der Waals surface area contributed by atoms with Crippen molar-refractivity contribution < 1.29 is 13.2 Å². The molecule has 1 rings (SSSR count). The number of aryl methyl sites for hydroxylation is 1. The van der Waals surface area contributed by atoms with Crippen LogP contribution in [0.15, 0.2) is 11.4 Å². The Hall–Kier alpha value is -1.17. The number of sulfone groups is 1. The van der Waals surface area contributed by atoms with Crippen LogP contribution in [0, 0.1) is 6.92 Å². The third-order valence-corrected chi connectivity index (χ3v) is 2.32. The molecule has 0 fully saturated rings. The summed E-state index contributed by atoms with van der Waals surface area (Å²) >= 11 is 0. The van der Waals surface area contributed by atoms with E-state index in [9.17, 15) is 8.42 Å². The number of hydrogen-bond acceptors (Lipinski definition) is 5. The minimum atomic E-state index is -3.33. The fraction of sp³-hybridized carbons (Fsp3) is 0.429. The highest BCUT2D eigenvalue weighted by molar-refractivity contribution is 7.90. The lowest BCUT2D eigenvalue weighted by atomic mass is 10.4. The third kappa shape index (κ3) is 2.15. The van der Waals surface area contributed by atoms with Gasteiger partial charge in [-0.15, -0.1) is 0 Å². The van der Waals surface area contributed by atoms with Crippen LogP contribution in [-0.4, -0.2) is 31.8 Å². The summed E-state index contributed by atoms with van der Waals surface area (Å²) < 4.78 is 26.9. The van der Waals surface area contributed by atoms with Crippen molar-refractivity contribution in [3.63, 3.8) is 0 Å². The van der Waals surface area contributed by atoms with Crippen LogP contribution in [0.4, 0.5) is 0 Å². The zero-order valence-corrected chi connectivity index (χ0v) is 8.42. The normalized spacial score (nSPS) is 11.3. The van der Waals surface area contributed by atoms with Crippen LogP contribution in [0.25, 0.3) is 0 Å². The van der Waals surface area contributed by atoms with Crippen LogP contribution in [0.3, 0.4) is 0 Å². The van der Waals surface area contributed by atoms with Crippen molar-refractivity contribution in [3.05, 3.63) is 11.9 Å². The molecule has 13 heavy (non-hydrogen) atoms. The lowest BCUT2D eigenvalue weighted by molar-refractivity contribution is 0.404. The van der Waals surface area contributed by atoms with Gasteiger partial charge in [0.2, 0.25) is 15.0 Å². The van der Waals surface area contributed by atoms with E-state index < -0.39 is 9.84 Å². The number of hydrogen-bond donors (Lipinski definition) is 0. The topological polar surface area (TPSA) is 69.2 Å². The smallest absolute Gasteiger partial charge is 0.247 e. The van der Waals surface area contributed by atoms with Crippen LogP contribution in [0.1, 0.15) is 5.69 Å². The Balaban J connectivity index is 3.26. The quantitative estimate of drug-likeness (QED) is 0.641. The number of nitrogens with zero attached hydrogens (tertiary/aromatic N) is 2. The van der Waals surface area contributed by atoms with E-state index in [1.165, 1.54) is 13.3 Å². The van der Waals surface area contributed by atoms with Gasteiger partial charge < -0.3 is 4.74 Å². The molecular weight excluding hydrogens is 192 g/mol. The zero-order chi connectivity index (χ0) is 10.1. The highest BCUT2D eigenvalue weighted by Gasteiger charge is 2.12. The molecule has 1 heterocycles. The van der Waals surface area contributed by atoms with Gasteiger partial charge in [0.1, 0.15) is 0 Å².